The second-order valence-corrected chi connectivity index (χ2v) is 4.64. The van der Waals surface area contributed by atoms with Gasteiger partial charge in [0.25, 0.3) is 0 Å². The van der Waals surface area contributed by atoms with Crippen LogP contribution in [-0.4, -0.2) is 24.6 Å². The van der Waals surface area contributed by atoms with Crippen molar-refractivity contribution >= 4 is 29.1 Å². The van der Waals surface area contributed by atoms with Crippen molar-refractivity contribution in [2.45, 2.75) is 26.4 Å². The van der Waals surface area contributed by atoms with Gasteiger partial charge >= 0.3 is 12.0 Å². The Kier molecular flexibility index (Phi) is 5.19. The molecule has 0 bridgehead atoms. The fourth-order valence-electron chi connectivity index (χ4n) is 1.71. The quantitative estimate of drug-likeness (QED) is 0.549. The number of rotatable bonds is 5. The minimum Gasteiger partial charge on any atom is -0.463 e. The van der Waals surface area contributed by atoms with Crippen molar-refractivity contribution in [1.29, 1.82) is 0 Å². The van der Waals surface area contributed by atoms with Crippen molar-refractivity contribution in [1.82, 2.24) is 0 Å². The molecule has 110 valence electrons. The molecule has 20 heavy (non-hydrogen) atoms. The van der Waals surface area contributed by atoms with Crippen molar-refractivity contribution < 1.29 is 14.3 Å². The summed E-state index contributed by atoms with van der Waals surface area (Å²) < 4.78 is 5.00. The standard InChI is InChI=1S/C13H20N4O3/c1-8(2)20-12(18)3-4-17(13(16)19)11-6-9(14)5-10(15)7-11/h5-8H,3-4,14-15H2,1-2H3,(H2,16,19). The summed E-state index contributed by atoms with van der Waals surface area (Å²) in [6.45, 7) is 3.61. The molecule has 0 fully saturated rings. The fraction of sp³-hybridized carbons (Fsp3) is 0.385. The van der Waals surface area contributed by atoms with Crippen LogP contribution in [0, 0.1) is 0 Å². The topological polar surface area (TPSA) is 125 Å². The van der Waals surface area contributed by atoms with Crippen LogP contribution in [0.15, 0.2) is 18.2 Å². The lowest BCUT2D eigenvalue weighted by molar-refractivity contribution is -0.147. The van der Waals surface area contributed by atoms with Crippen LogP contribution in [0.2, 0.25) is 0 Å². The summed E-state index contributed by atoms with van der Waals surface area (Å²) in [5, 5.41) is 0. The van der Waals surface area contributed by atoms with Gasteiger partial charge in [0.1, 0.15) is 0 Å². The highest BCUT2D eigenvalue weighted by atomic mass is 16.5. The summed E-state index contributed by atoms with van der Waals surface area (Å²) in [6.07, 6.45) is -0.164. The largest absolute Gasteiger partial charge is 0.463 e. The predicted octanol–water partition coefficient (Wildman–Crippen LogP) is 1.08. The molecule has 0 aliphatic carbocycles. The lowest BCUT2D eigenvalue weighted by Gasteiger charge is -2.21. The van der Waals surface area contributed by atoms with E-state index in [1.807, 2.05) is 0 Å². The first-order valence-corrected chi connectivity index (χ1v) is 6.22. The van der Waals surface area contributed by atoms with E-state index in [4.69, 9.17) is 21.9 Å². The Morgan fingerprint density at radius 3 is 2.20 bits per heavy atom. The maximum atomic E-state index is 11.5. The number of hydrogen-bond acceptors (Lipinski definition) is 5. The molecule has 0 unspecified atom stereocenters. The smallest absolute Gasteiger partial charge is 0.319 e. The van der Waals surface area contributed by atoms with Crippen molar-refractivity contribution in [3.8, 4) is 0 Å². The molecule has 0 spiro atoms. The van der Waals surface area contributed by atoms with E-state index in [0.717, 1.165) is 0 Å². The highest BCUT2D eigenvalue weighted by Crippen LogP contribution is 2.22. The number of amides is 2. The van der Waals surface area contributed by atoms with Gasteiger partial charge in [0.05, 0.1) is 12.5 Å². The number of ether oxygens (including phenoxy) is 1. The van der Waals surface area contributed by atoms with E-state index in [0.29, 0.717) is 17.1 Å². The molecule has 0 aliphatic heterocycles. The highest BCUT2D eigenvalue weighted by molar-refractivity contribution is 5.92. The molecule has 0 saturated heterocycles. The molecule has 0 radical (unpaired) electrons. The normalized spacial score (nSPS) is 10.3. The Hall–Kier alpha value is -2.44. The molecular weight excluding hydrogens is 260 g/mol. The third kappa shape index (κ3) is 4.68. The monoisotopic (exact) mass is 280 g/mol. The number of anilines is 3. The van der Waals surface area contributed by atoms with Gasteiger partial charge in [0.2, 0.25) is 0 Å². The summed E-state index contributed by atoms with van der Waals surface area (Å²) in [4.78, 5) is 24.2. The highest BCUT2D eigenvalue weighted by Gasteiger charge is 2.16. The van der Waals surface area contributed by atoms with Crippen LogP contribution < -0.4 is 22.1 Å². The van der Waals surface area contributed by atoms with E-state index < -0.39 is 12.0 Å². The summed E-state index contributed by atoms with van der Waals surface area (Å²) in [5.74, 6) is -0.400. The number of hydrogen-bond donors (Lipinski definition) is 3. The summed E-state index contributed by atoms with van der Waals surface area (Å²) >= 11 is 0. The predicted molar refractivity (Wildman–Crippen MR) is 78.0 cm³/mol. The first kappa shape index (κ1) is 15.6. The molecule has 0 atom stereocenters. The Balaban J connectivity index is 2.79. The number of carbonyl (C=O) groups excluding carboxylic acids is 2. The van der Waals surface area contributed by atoms with Gasteiger partial charge in [0, 0.05) is 23.6 Å². The second-order valence-electron chi connectivity index (χ2n) is 4.64. The molecule has 1 aromatic carbocycles. The van der Waals surface area contributed by atoms with E-state index in [2.05, 4.69) is 0 Å². The lowest BCUT2D eigenvalue weighted by atomic mass is 10.2. The van der Waals surface area contributed by atoms with Gasteiger partial charge in [-0.05, 0) is 32.0 Å². The maximum absolute atomic E-state index is 11.5. The minimum absolute atomic E-state index is 0.0375. The zero-order valence-electron chi connectivity index (χ0n) is 11.6. The molecule has 0 aromatic heterocycles. The van der Waals surface area contributed by atoms with Crippen LogP contribution in [0.4, 0.5) is 21.9 Å². The number of urea groups is 1. The first-order chi connectivity index (χ1) is 9.29. The Morgan fingerprint density at radius 2 is 1.75 bits per heavy atom. The van der Waals surface area contributed by atoms with Crippen LogP contribution >= 0.6 is 0 Å². The van der Waals surface area contributed by atoms with Crippen LogP contribution in [0.3, 0.4) is 0 Å². The lowest BCUT2D eigenvalue weighted by Crippen LogP contribution is -2.37. The van der Waals surface area contributed by atoms with Crippen LogP contribution in [0.1, 0.15) is 20.3 Å². The summed E-state index contributed by atoms with van der Waals surface area (Å²) in [5.41, 5.74) is 17.9. The molecule has 0 saturated carbocycles. The number of esters is 1. The average Bonchev–Trinajstić information content (AvgIpc) is 2.26. The number of primary amides is 1. The number of benzene rings is 1. The van der Waals surface area contributed by atoms with E-state index in [1.165, 1.54) is 4.90 Å². The zero-order chi connectivity index (χ0) is 15.3. The molecule has 6 N–H and O–H groups in total. The molecule has 2 amide bonds. The molecule has 7 nitrogen and oxygen atoms in total. The maximum Gasteiger partial charge on any atom is 0.319 e. The number of nitrogens with two attached hydrogens (primary N) is 3. The SMILES string of the molecule is CC(C)OC(=O)CCN(C(N)=O)c1cc(N)cc(N)c1. The van der Waals surface area contributed by atoms with Crippen molar-refractivity contribution in [2.24, 2.45) is 5.73 Å². The van der Waals surface area contributed by atoms with Gasteiger partial charge in [-0.25, -0.2) is 4.79 Å². The van der Waals surface area contributed by atoms with Gasteiger partial charge < -0.3 is 21.9 Å². The van der Waals surface area contributed by atoms with Crippen molar-refractivity contribution in [2.75, 3.05) is 22.9 Å². The number of nitrogens with zero attached hydrogens (tertiary/aromatic N) is 1. The molecule has 1 aromatic rings. The van der Waals surface area contributed by atoms with E-state index in [-0.39, 0.29) is 19.1 Å². The van der Waals surface area contributed by atoms with Gasteiger partial charge in [-0.3, -0.25) is 9.69 Å². The number of carbonyl (C=O) groups is 2. The van der Waals surface area contributed by atoms with Crippen molar-refractivity contribution in [3.05, 3.63) is 18.2 Å². The zero-order valence-corrected chi connectivity index (χ0v) is 11.6. The molecule has 0 heterocycles. The molecule has 0 aliphatic rings. The Morgan fingerprint density at radius 1 is 1.20 bits per heavy atom. The van der Waals surface area contributed by atoms with Gasteiger partial charge in [-0.1, -0.05) is 0 Å². The van der Waals surface area contributed by atoms with Gasteiger partial charge in [-0.2, -0.15) is 0 Å². The summed E-state index contributed by atoms with van der Waals surface area (Å²) in [7, 11) is 0. The van der Waals surface area contributed by atoms with E-state index >= 15 is 0 Å². The fourth-order valence-corrected chi connectivity index (χ4v) is 1.71. The van der Waals surface area contributed by atoms with Gasteiger partial charge in [-0.15, -0.1) is 0 Å². The van der Waals surface area contributed by atoms with Crippen LogP contribution in [0.5, 0.6) is 0 Å². The summed E-state index contributed by atoms with van der Waals surface area (Å²) in [6, 6.07) is 4.01. The van der Waals surface area contributed by atoms with Gasteiger partial charge in [0.15, 0.2) is 0 Å². The number of nitrogen functional groups attached to an aromatic ring is 2. The Bertz CT molecular complexity index is 482. The Labute approximate surface area is 117 Å². The molecule has 7 heteroatoms. The van der Waals surface area contributed by atoms with Crippen molar-refractivity contribution in [3.63, 3.8) is 0 Å². The van der Waals surface area contributed by atoms with E-state index in [1.54, 1.807) is 32.0 Å². The van der Waals surface area contributed by atoms with Crippen LogP contribution in [-0.2, 0) is 9.53 Å². The third-order valence-corrected chi connectivity index (χ3v) is 2.45. The average molecular weight is 280 g/mol. The molecule has 1 rings (SSSR count). The first-order valence-electron chi connectivity index (χ1n) is 6.22. The van der Waals surface area contributed by atoms with Crippen LogP contribution in [0.25, 0.3) is 0 Å². The second kappa shape index (κ2) is 6.65. The minimum atomic E-state index is -0.688. The molecular formula is C13H20N4O3. The third-order valence-electron chi connectivity index (χ3n) is 2.45. The van der Waals surface area contributed by atoms with E-state index in [9.17, 15) is 9.59 Å².